The lowest BCUT2D eigenvalue weighted by Gasteiger charge is -2.18. The molecular weight excluding hydrogens is 384 g/mol. The lowest BCUT2D eigenvalue weighted by Crippen LogP contribution is -2.15. The van der Waals surface area contributed by atoms with E-state index in [4.69, 9.17) is 13.9 Å². The highest BCUT2D eigenvalue weighted by Gasteiger charge is 2.15. The number of aromatic amines is 1. The van der Waals surface area contributed by atoms with Crippen LogP contribution < -0.4 is 15.0 Å². The van der Waals surface area contributed by atoms with Crippen molar-refractivity contribution in [3.8, 4) is 22.8 Å². The molecule has 0 radical (unpaired) electrons. The van der Waals surface area contributed by atoms with E-state index in [1.165, 1.54) is 11.3 Å². The molecule has 1 aliphatic rings. The summed E-state index contributed by atoms with van der Waals surface area (Å²) in [6.45, 7) is 1.13. The molecule has 0 amide bonds. The Morgan fingerprint density at radius 3 is 2.93 bits per heavy atom. The maximum Gasteiger partial charge on any atom is 0.260 e. The number of rotatable bonds is 4. The third-order valence-corrected chi connectivity index (χ3v) is 6.05. The minimum atomic E-state index is -0.148. The number of H-pyrrole nitrogens is 1. The number of hydrogen-bond acceptors (Lipinski definition) is 7. The fraction of sp³-hybridized carbons (Fsp3) is 0.158. The van der Waals surface area contributed by atoms with Crippen LogP contribution in [0.3, 0.4) is 0 Å². The van der Waals surface area contributed by atoms with Gasteiger partial charge in [-0.25, -0.2) is 4.98 Å². The number of nitrogens with one attached hydrogen (secondary N) is 1. The van der Waals surface area contributed by atoms with Crippen molar-refractivity contribution in [3.05, 3.63) is 58.2 Å². The Labute approximate surface area is 162 Å². The maximum atomic E-state index is 12.6. The van der Waals surface area contributed by atoms with Gasteiger partial charge in [0, 0.05) is 15.8 Å². The summed E-state index contributed by atoms with van der Waals surface area (Å²) in [6.07, 6.45) is 1.60. The van der Waals surface area contributed by atoms with Crippen LogP contribution in [0.5, 0.6) is 11.5 Å². The van der Waals surface area contributed by atoms with Gasteiger partial charge in [-0.3, -0.25) is 4.79 Å². The third kappa shape index (κ3) is 3.11. The number of thiophene rings is 1. The van der Waals surface area contributed by atoms with Gasteiger partial charge >= 0.3 is 0 Å². The van der Waals surface area contributed by atoms with Crippen LogP contribution in [0.25, 0.3) is 21.5 Å². The van der Waals surface area contributed by atoms with E-state index < -0.39 is 0 Å². The van der Waals surface area contributed by atoms with Crippen LogP contribution in [-0.4, -0.2) is 23.2 Å². The van der Waals surface area contributed by atoms with Gasteiger partial charge in [0.25, 0.3) is 5.56 Å². The zero-order chi connectivity index (χ0) is 18.2. The minimum Gasteiger partial charge on any atom is -0.486 e. The quantitative estimate of drug-likeness (QED) is 0.516. The van der Waals surface area contributed by atoms with Gasteiger partial charge in [-0.2, -0.15) is 0 Å². The topological polar surface area (TPSA) is 77.4 Å². The second-order valence-corrected chi connectivity index (χ2v) is 7.82. The van der Waals surface area contributed by atoms with Gasteiger partial charge in [0.1, 0.15) is 29.6 Å². The zero-order valence-electron chi connectivity index (χ0n) is 14.1. The Bertz CT molecular complexity index is 1160. The Kier molecular flexibility index (Phi) is 4.14. The molecule has 0 unspecified atom stereocenters. The first-order chi connectivity index (χ1) is 13.3. The van der Waals surface area contributed by atoms with Crippen LogP contribution in [0.2, 0.25) is 0 Å². The van der Waals surface area contributed by atoms with Crippen molar-refractivity contribution in [1.82, 2.24) is 9.97 Å². The second kappa shape index (κ2) is 6.79. The number of hydrogen-bond donors (Lipinski definition) is 1. The van der Waals surface area contributed by atoms with Gasteiger partial charge in [0.05, 0.1) is 17.4 Å². The highest BCUT2D eigenvalue weighted by Crippen LogP contribution is 2.35. The minimum absolute atomic E-state index is 0.148. The molecule has 4 heterocycles. The van der Waals surface area contributed by atoms with Crippen molar-refractivity contribution in [1.29, 1.82) is 0 Å². The molecule has 8 heteroatoms. The van der Waals surface area contributed by atoms with Crippen LogP contribution in [0.1, 0.15) is 5.82 Å². The van der Waals surface area contributed by atoms with Gasteiger partial charge in [0.15, 0.2) is 11.5 Å². The fourth-order valence-corrected chi connectivity index (χ4v) is 4.68. The molecule has 0 spiro atoms. The molecule has 0 aliphatic carbocycles. The number of benzene rings is 1. The number of ether oxygens (including phenoxy) is 2. The first-order valence-electron chi connectivity index (χ1n) is 8.34. The molecule has 0 atom stereocenters. The SMILES string of the molecule is O=c1[nH]c(CSc2ccc3c(c2)OCCO3)nc2scc(-c3ccco3)c12. The maximum absolute atomic E-state index is 12.6. The van der Waals surface area contributed by atoms with Crippen molar-refractivity contribution in [2.45, 2.75) is 10.6 Å². The lowest BCUT2D eigenvalue weighted by molar-refractivity contribution is 0.171. The van der Waals surface area contributed by atoms with Crippen molar-refractivity contribution < 1.29 is 13.9 Å². The number of aromatic nitrogens is 2. The predicted molar refractivity (Wildman–Crippen MR) is 105 cm³/mol. The molecule has 6 nitrogen and oxygen atoms in total. The van der Waals surface area contributed by atoms with Gasteiger partial charge in [-0.15, -0.1) is 23.1 Å². The smallest absolute Gasteiger partial charge is 0.260 e. The van der Waals surface area contributed by atoms with E-state index in [-0.39, 0.29) is 5.56 Å². The first kappa shape index (κ1) is 16.5. The number of furan rings is 1. The molecular formula is C19H14N2O4S2. The average molecular weight is 398 g/mol. The number of nitrogens with zero attached hydrogens (tertiary/aromatic N) is 1. The van der Waals surface area contributed by atoms with E-state index in [1.54, 1.807) is 24.1 Å². The Hall–Kier alpha value is -2.71. The molecule has 1 N–H and O–H groups in total. The van der Waals surface area contributed by atoms with Gasteiger partial charge < -0.3 is 18.9 Å². The van der Waals surface area contributed by atoms with Gasteiger partial charge in [-0.1, -0.05) is 0 Å². The normalized spacial score (nSPS) is 13.2. The summed E-state index contributed by atoms with van der Waals surface area (Å²) in [6, 6.07) is 9.49. The molecule has 0 saturated carbocycles. The molecule has 5 rings (SSSR count). The predicted octanol–water partition coefficient (Wildman–Crippen LogP) is 4.31. The van der Waals surface area contributed by atoms with E-state index >= 15 is 0 Å². The van der Waals surface area contributed by atoms with Crippen molar-refractivity contribution in [2.75, 3.05) is 13.2 Å². The molecule has 0 saturated heterocycles. The summed E-state index contributed by atoms with van der Waals surface area (Å²) in [5.74, 6) is 3.39. The van der Waals surface area contributed by atoms with Crippen LogP contribution in [-0.2, 0) is 5.75 Å². The molecule has 27 heavy (non-hydrogen) atoms. The summed E-state index contributed by atoms with van der Waals surface area (Å²) in [4.78, 5) is 21.9. The van der Waals surface area contributed by atoms with Crippen LogP contribution in [0, 0.1) is 0 Å². The fourth-order valence-electron chi connectivity index (χ4n) is 2.94. The Balaban J connectivity index is 1.40. The molecule has 0 bridgehead atoms. The number of thioether (sulfide) groups is 1. The summed E-state index contributed by atoms with van der Waals surface area (Å²) in [7, 11) is 0. The summed E-state index contributed by atoms with van der Waals surface area (Å²) >= 11 is 3.03. The molecule has 136 valence electrons. The number of fused-ring (bicyclic) bond motifs is 2. The summed E-state index contributed by atoms with van der Waals surface area (Å²) < 4.78 is 16.6. The third-order valence-electron chi connectivity index (χ3n) is 4.17. The molecule has 4 aromatic rings. The highest BCUT2D eigenvalue weighted by molar-refractivity contribution is 7.98. The van der Waals surface area contributed by atoms with Crippen molar-refractivity contribution >= 4 is 33.3 Å². The van der Waals surface area contributed by atoms with E-state index in [1.807, 2.05) is 29.6 Å². The Morgan fingerprint density at radius 1 is 1.19 bits per heavy atom. The van der Waals surface area contributed by atoms with E-state index in [2.05, 4.69) is 9.97 Å². The van der Waals surface area contributed by atoms with Crippen molar-refractivity contribution in [2.24, 2.45) is 0 Å². The summed E-state index contributed by atoms with van der Waals surface area (Å²) in [5, 5.41) is 2.48. The van der Waals surface area contributed by atoms with Gasteiger partial charge in [-0.05, 0) is 30.3 Å². The van der Waals surface area contributed by atoms with Crippen LogP contribution >= 0.6 is 23.1 Å². The largest absolute Gasteiger partial charge is 0.486 e. The standard InChI is InChI=1S/C19H14N2O4S2/c22-18-17-12(13-2-1-5-23-13)9-27-19(17)21-16(20-18)10-26-11-3-4-14-15(8-11)25-7-6-24-14/h1-5,8-9H,6-7,10H2,(H,20,21,22). The lowest BCUT2D eigenvalue weighted by atomic mass is 10.2. The average Bonchev–Trinajstić information content (AvgIpc) is 3.36. The van der Waals surface area contributed by atoms with E-state index in [0.29, 0.717) is 40.8 Å². The molecule has 1 aromatic carbocycles. The zero-order valence-corrected chi connectivity index (χ0v) is 15.7. The van der Waals surface area contributed by atoms with Gasteiger partial charge in [0.2, 0.25) is 0 Å². The molecule has 0 fully saturated rings. The van der Waals surface area contributed by atoms with Crippen LogP contribution in [0.4, 0.5) is 0 Å². The van der Waals surface area contributed by atoms with Crippen LogP contribution in [0.15, 0.2) is 56.1 Å². The Morgan fingerprint density at radius 2 is 2.07 bits per heavy atom. The van der Waals surface area contributed by atoms with E-state index in [9.17, 15) is 4.79 Å². The molecule has 3 aromatic heterocycles. The molecule has 1 aliphatic heterocycles. The van der Waals surface area contributed by atoms with Crippen molar-refractivity contribution in [3.63, 3.8) is 0 Å². The second-order valence-electron chi connectivity index (χ2n) is 5.91. The first-order valence-corrected chi connectivity index (χ1v) is 10.2. The summed E-state index contributed by atoms with van der Waals surface area (Å²) in [5.41, 5.74) is 0.630. The monoisotopic (exact) mass is 398 g/mol. The van der Waals surface area contributed by atoms with E-state index in [0.717, 1.165) is 22.0 Å². The highest BCUT2D eigenvalue weighted by atomic mass is 32.2.